The van der Waals surface area contributed by atoms with Crippen LogP contribution in [0.1, 0.15) is 336 Å². The number of carboxylic acid groups (broad SMARTS) is 1. The van der Waals surface area contributed by atoms with Gasteiger partial charge in [-0.3, -0.25) is 14.4 Å². The molecule has 0 aliphatic heterocycles. The molecule has 9 nitrogen and oxygen atoms in total. The van der Waals surface area contributed by atoms with E-state index in [-0.39, 0.29) is 17.9 Å². The molecule has 422 valence electrons. The second-order valence-electron chi connectivity index (χ2n) is 21.3. The molecule has 0 saturated heterocycles. The van der Waals surface area contributed by atoms with Crippen molar-refractivity contribution in [2.45, 2.75) is 336 Å². The lowest BCUT2D eigenvalue weighted by Gasteiger charge is -2.19. The topological polar surface area (TPSA) is 123 Å². The van der Waals surface area contributed by atoms with Gasteiger partial charge >= 0.3 is 17.9 Å². The van der Waals surface area contributed by atoms with Crippen molar-refractivity contribution in [2.75, 3.05) is 39.5 Å². The lowest BCUT2D eigenvalue weighted by Crippen LogP contribution is -3.13. The van der Waals surface area contributed by atoms with Gasteiger partial charge in [-0.15, -0.1) is 0 Å². The largest absolute Gasteiger partial charge is 0.550 e. The number of carbonyl (C=O) groups is 4. The van der Waals surface area contributed by atoms with Crippen molar-refractivity contribution in [3.63, 3.8) is 0 Å². The highest BCUT2D eigenvalue weighted by Gasteiger charge is 2.14. The van der Waals surface area contributed by atoms with Crippen molar-refractivity contribution in [1.82, 2.24) is 0 Å². The van der Waals surface area contributed by atoms with Gasteiger partial charge in [-0.2, -0.15) is 0 Å². The van der Waals surface area contributed by atoms with Gasteiger partial charge in [0.25, 0.3) is 0 Å². The van der Waals surface area contributed by atoms with Gasteiger partial charge in [0.2, 0.25) is 0 Å². The lowest BCUT2D eigenvalue weighted by atomic mass is 10.0. The number of carbonyl (C=O) groups excluding carboxylic acids is 4. The van der Waals surface area contributed by atoms with Crippen LogP contribution in [0.5, 0.6) is 0 Å². The van der Waals surface area contributed by atoms with E-state index in [4.69, 9.17) is 24.1 Å². The summed E-state index contributed by atoms with van der Waals surface area (Å²) in [5.74, 6) is -1.46. The molecule has 0 radical (unpaired) electrons. The molecule has 0 aromatic heterocycles. The third-order valence-corrected chi connectivity index (χ3v) is 14.1. The standard InChI is InChI=1S/C60H117NO6.C2H4O2/c1-4-7-10-13-16-19-22-25-28-31-34-37-40-43-46-49-58(62)65-55-52-61(53-56-66-59(63)50-47-44-41-38-35-32-29-26-23-20-17-14-11-8-5-2)54-57-67-60(64)51-48-45-42-39-36-33-30-27-24-21-18-15-12-9-6-3;1-2(3)4/h4-57H2,1-3H3;1H3,(H,3,4). The molecule has 0 aliphatic rings. The Kier molecular flexibility index (Phi) is 62.1. The molecule has 71 heavy (non-hydrogen) atoms. The van der Waals surface area contributed by atoms with Crippen molar-refractivity contribution in [3.8, 4) is 0 Å². The Bertz CT molecular complexity index is 974. The van der Waals surface area contributed by atoms with Gasteiger partial charge in [-0.25, -0.2) is 0 Å². The molecule has 0 bridgehead atoms. The molecule has 0 atom stereocenters. The molecule has 0 amide bonds. The Morgan fingerprint density at radius 3 is 0.577 bits per heavy atom. The number of hydrogen-bond donors (Lipinski definition) is 1. The molecule has 0 saturated carbocycles. The van der Waals surface area contributed by atoms with Crippen LogP contribution in [0.2, 0.25) is 0 Å². The fourth-order valence-electron chi connectivity index (χ4n) is 9.44. The molecule has 9 heteroatoms. The van der Waals surface area contributed by atoms with Crippen LogP contribution in [0.15, 0.2) is 0 Å². The number of quaternary nitrogens is 1. The smallest absolute Gasteiger partial charge is 0.305 e. The second-order valence-corrected chi connectivity index (χ2v) is 21.3. The highest BCUT2D eigenvalue weighted by molar-refractivity contribution is 5.69. The molecular formula is C62H121NO8. The predicted octanol–water partition coefficient (Wildman–Crippen LogP) is 16.0. The summed E-state index contributed by atoms with van der Waals surface area (Å²) in [6, 6.07) is 0. The Morgan fingerprint density at radius 1 is 0.282 bits per heavy atom. The molecule has 0 rings (SSSR count). The zero-order valence-corrected chi connectivity index (χ0v) is 47.9. The molecule has 0 heterocycles. The van der Waals surface area contributed by atoms with Crippen molar-refractivity contribution >= 4 is 23.9 Å². The average molecular weight is 1010 g/mol. The van der Waals surface area contributed by atoms with E-state index in [0.717, 1.165) is 50.3 Å². The summed E-state index contributed by atoms with van der Waals surface area (Å²) >= 11 is 0. The van der Waals surface area contributed by atoms with Crippen LogP contribution < -0.4 is 10.0 Å². The molecule has 0 aromatic rings. The lowest BCUT2D eigenvalue weighted by molar-refractivity contribution is -0.900. The van der Waals surface area contributed by atoms with Crippen LogP contribution >= 0.6 is 0 Å². The summed E-state index contributed by atoms with van der Waals surface area (Å²) in [6.45, 7) is 10.6. The predicted molar refractivity (Wildman–Crippen MR) is 298 cm³/mol. The SMILES string of the molecule is CC(=O)[O-].CCCCCCCCCCCCCCCCCC(=O)OCC[NH+](CCOC(=O)CCCCCCCCCCCCCCCCC)CCOC(=O)CCCCCCCCCCCCCCCCC. The second kappa shape index (κ2) is 62.1. The minimum atomic E-state index is -1.08. The summed E-state index contributed by atoms with van der Waals surface area (Å²) in [4.78, 5) is 47.7. The van der Waals surface area contributed by atoms with Crippen molar-refractivity contribution in [1.29, 1.82) is 0 Å². The Balaban J connectivity index is 0. The van der Waals surface area contributed by atoms with Crippen molar-refractivity contribution in [2.24, 2.45) is 0 Å². The number of unbranched alkanes of at least 4 members (excludes halogenated alkanes) is 42. The van der Waals surface area contributed by atoms with Crippen LogP contribution in [0.3, 0.4) is 0 Å². The highest BCUT2D eigenvalue weighted by atomic mass is 16.5. The van der Waals surface area contributed by atoms with E-state index >= 15 is 0 Å². The fraction of sp³-hybridized carbons (Fsp3) is 0.935. The van der Waals surface area contributed by atoms with Gasteiger partial charge in [0, 0.05) is 25.2 Å². The third kappa shape index (κ3) is 65.8. The maximum Gasteiger partial charge on any atom is 0.305 e. The summed E-state index contributed by atoms with van der Waals surface area (Å²) in [7, 11) is 0. The number of esters is 3. The van der Waals surface area contributed by atoms with E-state index in [1.54, 1.807) is 0 Å². The average Bonchev–Trinajstić information content (AvgIpc) is 3.34. The van der Waals surface area contributed by atoms with E-state index < -0.39 is 5.97 Å². The van der Waals surface area contributed by atoms with E-state index in [1.807, 2.05) is 0 Å². The molecule has 0 spiro atoms. The van der Waals surface area contributed by atoms with E-state index in [2.05, 4.69) is 20.8 Å². The first-order valence-electron chi connectivity index (χ1n) is 31.2. The van der Waals surface area contributed by atoms with Crippen LogP contribution in [0, 0.1) is 0 Å². The molecule has 0 fully saturated rings. The quantitative estimate of drug-likeness (QED) is 0.0363. The van der Waals surface area contributed by atoms with Crippen molar-refractivity contribution in [3.05, 3.63) is 0 Å². The van der Waals surface area contributed by atoms with Crippen LogP contribution in [-0.2, 0) is 33.4 Å². The van der Waals surface area contributed by atoms with E-state index in [0.29, 0.717) is 58.7 Å². The number of ether oxygens (including phenoxy) is 3. The fourth-order valence-corrected chi connectivity index (χ4v) is 9.44. The van der Waals surface area contributed by atoms with Crippen LogP contribution in [0.25, 0.3) is 0 Å². The van der Waals surface area contributed by atoms with Crippen LogP contribution in [0.4, 0.5) is 0 Å². The maximum absolute atomic E-state index is 12.6. The summed E-state index contributed by atoms with van der Waals surface area (Å²) in [5.41, 5.74) is 0. The summed E-state index contributed by atoms with van der Waals surface area (Å²) in [5, 5.41) is 8.89. The number of rotatable bonds is 57. The zero-order valence-electron chi connectivity index (χ0n) is 47.9. The van der Waals surface area contributed by atoms with E-state index in [9.17, 15) is 14.4 Å². The summed E-state index contributed by atoms with van der Waals surface area (Å²) in [6.07, 6.45) is 60.2. The number of carboxylic acids is 1. The maximum atomic E-state index is 12.6. The van der Waals surface area contributed by atoms with Gasteiger partial charge in [-0.05, 0) is 26.2 Å². The first-order chi connectivity index (χ1) is 34.8. The van der Waals surface area contributed by atoms with Gasteiger partial charge < -0.3 is 29.0 Å². The molecular weight excluding hydrogens is 887 g/mol. The normalized spacial score (nSPS) is 11.2. The van der Waals surface area contributed by atoms with Gasteiger partial charge in [0.15, 0.2) is 0 Å². The molecule has 0 aliphatic carbocycles. The van der Waals surface area contributed by atoms with Gasteiger partial charge in [0.1, 0.15) is 39.5 Å². The van der Waals surface area contributed by atoms with Gasteiger partial charge in [-0.1, -0.05) is 290 Å². The summed E-state index contributed by atoms with van der Waals surface area (Å²) < 4.78 is 16.9. The first kappa shape index (κ1) is 70.9. The molecule has 0 unspecified atom stereocenters. The van der Waals surface area contributed by atoms with Gasteiger partial charge in [0.05, 0.1) is 0 Å². The van der Waals surface area contributed by atoms with E-state index in [1.165, 1.54) is 250 Å². The Hall–Kier alpha value is -2.16. The number of aliphatic carboxylic acids is 1. The molecule has 0 aromatic carbocycles. The van der Waals surface area contributed by atoms with Crippen LogP contribution in [-0.4, -0.2) is 63.3 Å². The Labute approximate surface area is 441 Å². The first-order valence-corrected chi connectivity index (χ1v) is 31.2. The zero-order chi connectivity index (χ0) is 52.2. The monoisotopic (exact) mass is 1010 g/mol. The Morgan fingerprint density at radius 2 is 0.423 bits per heavy atom. The van der Waals surface area contributed by atoms with Crippen molar-refractivity contribution < 1.29 is 43.4 Å². The highest BCUT2D eigenvalue weighted by Crippen LogP contribution is 2.17. The minimum absolute atomic E-state index is 0.126. The number of nitrogens with one attached hydrogen (secondary N) is 1. The minimum Gasteiger partial charge on any atom is -0.550 e. The third-order valence-electron chi connectivity index (χ3n) is 14.1. The number of hydrogen-bond acceptors (Lipinski definition) is 8. The molecule has 1 N–H and O–H groups in total.